The van der Waals surface area contributed by atoms with E-state index in [0.29, 0.717) is 38.6 Å². The van der Waals surface area contributed by atoms with Gasteiger partial charge in [-0.15, -0.1) is 0 Å². The third kappa shape index (κ3) is 5.90. The number of nitro groups is 1. The Hall–Kier alpha value is -3.21. The minimum atomic E-state index is -0.441. The van der Waals surface area contributed by atoms with Crippen LogP contribution in [0.2, 0.25) is 0 Å². The number of hydrogen-bond acceptors (Lipinski definition) is 7. The number of rotatable bonds is 8. The Kier molecular flexibility index (Phi) is 7.84. The van der Waals surface area contributed by atoms with Crippen LogP contribution in [0.3, 0.4) is 0 Å². The third-order valence-electron chi connectivity index (χ3n) is 4.96. The minimum Gasteiger partial charge on any atom is -0.490 e. The maximum absolute atomic E-state index is 13.1. The summed E-state index contributed by atoms with van der Waals surface area (Å²) in [4.78, 5) is 25.6. The smallest absolute Gasteiger partial charge is 0.270 e. The number of nitro benzene ring substituents is 1. The maximum atomic E-state index is 13.1. The number of carbonyl (C=O) groups excluding carboxylic acids is 1. The van der Waals surface area contributed by atoms with E-state index in [4.69, 9.17) is 21.7 Å². The van der Waals surface area contributed by atoms with E-state index >= 15 is 0 Å². The molecule has 10 heteroatoms. The summed E-state index contributed by atoms with van der Waals surface area (Å²) >= 11 is 10.1. The van der Waals surface area contributed by atoms with Crippen molar-refractivity contribution in [3.8, 4) is 11.5 Å². The molecule has 0 radical (unpaired) electrons. The summed E-state index contributed by atoms with van der Waals surface area (Å²) in [5.74, 6) is 0.819. The van der Waals surface area contributed by atoms with Crippen LogP contribution in [0.1, 0.15) is 18.1 Å². The number of amides is 1. The molecule has 0 atom stereocenters. The van der Waals surface area contributed by atoms with Gasteiger partial charge in [0.25, 0.3) is 11.6 Å². The molecule has 3 aromatic carbocycles. The van der Waals surface area contributed by atoms with Crippen molar-refractivity contribution in [1.29, 1.82) is 0 Å². The predicted molar refractivity (Wildman–Crippen MR) is 145 cm³/mol. The molecular weight excluding hydrogens is 552 g/mol. The first-order valence-electron chi connectivity index (χ1n) is 10.5. The molecular formula is C25H19BrN2O5S2. The summed E-state index contributed by atoms with van der Waals surface area (Å²) in [6.45, 7) is 2.43. The molecule has 0 N–H and O–H groups in total. The molecule has 178 valence electrons. The van der Waals surface area contributed by atoms with Crippen LogP contribution in [-0.4, -0.2) is 21.8 Å². The first-order chi connectivity index (χ1) is 16.9. The summed E-state index contributed by atoms with van der Waals surface area (Å²) in [6, 6.07) is 19.0. The first kappa shape index (κ1) is 24.9. The Balaban J connectivity index is 1.54. The second-order valence-electron chi connectivity index (χ2n) is 7.35. The molecule has 1 saturated heterocycles. The SMILES string of the molecule is CCOc1cc(/C=C2/SC(=S)N(c3ccc(Br)cc3)C2=O)ccc1OCc1cccc([N+](=O)[O-])c1. The molecule has 1 amide bonds. The number of benzene rings is 3. The third-order valence-corrected chi connectivity index (χ3v) is 6.79. The zero-order valence-corrected chi connectivity index (χ0v) is 21.7. The first-order valence-corrected chi connectivity index (χ1v) is 12.5. The van der Waals surface area contributed by atoms with Crippen LogP contribution in [0, 0.1) is 10.1 Å². The lowest BCUT2D eigenvalue weighted by atomic mass is 10.1. The minimum absolute atomic E-state index is 0.00642. The Labute approximate surface area is 220 Å². The number of thiocarbonyl (C=S) groups is 1. The fraction of sp³-hybridized carbons (Fsp3) is 0.120. The van der Waals surface area contributed by atoms with E-state index in [0.717, 1.165) is 10.0 Å². The molecule has 0 aliphatic carbocycles. The van der Waals surface area contributed by atoms with Crippen LogP contribution in [0.5, 0.6) is 11.5 Å². The Morgan fingerprint density at radius 1 is 1.09 bits per heavy atom. The van der Waals surface area contributed by atoms with Gasteiger partial charge < -0.3 is 9.47 Å². The largest absolute Gasteiger partial charge is 0.490 e. The van der Waals surface area contributed by atoms with Crippen molar-refractivity contribution in [3.05, 3.63) is 97.3 Å². The lowest BCUT2D eigenvalue weighted by Crippen LogP contribution is -2.27. The lowest BCUT2D eigenvalue weighted by Gasteiger charge is -2.14. The van der Waals surface area contributed by atoms with Gasteiger partial charge in [-0.25, -0.2) is 0 Å². The molecule has 0 spiro atoms. The van der Waals surface area contributed by atoms with Crippen molar-refractivity contribution in [2.24, 2.45) is 0 Å². The number of anilines is 1. The topological polar surface area (TPSA) is 81.9 Å². The molecule has 0 aromatic heterocycles. The van der Waals surface area contributed by atoms with E-state index in [1.165, 1.54) is 28.8 Å². The molecule has 1 aliphatic heterocycles. The molecule has 0 bridgehead atoms. The Bertz CT molecular complexity index is 1330. The zero-order valence-electron chi connectivity index (χ0n) is 18.5. The summed E-state index contributed by atoms with van der Waals surface area (Å²) in [6.07, 6.45) is 1.77. The van der Waals surface area contributed by atoms with Crippen LogP contribution in [0.15, 0.2) is 76.1 Å². The van der Waals surface area contributed by atoms with E-state index < -0.39 is 4.92 Å². The molecule has 1 fully saturated rings. The molecule has 7 nitrogen and oxygen atoms in total. The van der Waals surface area contributed by atoms with E-state index in [1.54, 1.807) is 30.3 Å². The molecule has 0 unspecified atom stereocenters. The molecule has 1 heterocycles. The van der Waals surface area contributed by atoms with Gasteiger partial charge in [0.1, 0.15) is 6.61 Å². The molecule has 3 aromatic rings. The van der Waals surface area contributed by atoms with Crippen LogP contribution in [-0.2, 0) is 11.4 Å². The quantitative estimate of drug-likeness (QED) is 0.128. The van der Waals surface area contributed by atoms with Crippen LogP contribution in [0.25, 0.3) is 6.08 Å². The monoisotopic (exact) mass is 570 g/mol. The van der Waals surface area contributed by atoms with Gasteiger partial charge in [0.05, 0.1) is 22.1 Å². The summed E-state index contributed by atoms with van der Waals surface area (Å²) < 4.78 is 13.0. The van der Waals surface area contributed by atoms with Gasteiger partial charge in [0, 0.05) is 16.6 Å². The molecule has 35 heavy (non-hydrogen) atoms. The van der Waals surface area contributed by atoms with Gasteiger partial charge in [0.15, 0.2) is 15.8 Å². The highest BCUT2D eigenvalue weighted by molar-refractivity contribution is 9.10. The number of nitrogens with zero attached hydrogens (tertiary/aromatic N) is 2. The Morgan fingerprint density at radius 3 is 2.57 bits per heavy atom. The van der Waals surface area contributed by atoms with Crippen molar-refractivity contribution < 1.29 is 19.2 Å². The fourth-order valence-corrected chi connectivity index (χ4v) is 4.92. The van der Waals surface area contributed by atoms with Gasteiger partial charge in [0.2, 0.25) is 0 Å². The Morgan fingerprint density at radius 2 is 1.86 bits per heavy atom. The van der Waals surface area contributed by atoms with E-state index in [9.17, 15) is 14.9 Å². The van der Waals surface area contributed by atoms with E-state index in [-0.39, 0.29) is 18.2 Å². The maximum Gasteiger partial charge on any atom is 0.270 e. The van der Waals surface area contributed by atoms with E-state index in [2.05, 4.69) is 15.9 Å². The van der Waals surface area contributed by atoms with Crippen molar-refractivity contribution in [2.45, 2.75) is 13.5 Å². The summed E-state index contributed by atoms with van der Waals surface area (Å²) in [5.41, 5.74) is 2.14. The van der Waals surface area contributed by atoms with Crippen molar-refractivity contribution in [1.82, 2.24) is 0 Å². The van der Waals surface area contributed by atoms with Crippen LogP contribution < -0.4 is 14.4 Å². The van der Waals surface area contributed by atoms with Crippen molar-refractivity contribution >= 4 is 67.6 Å². The van der Waals surface area contributed by atoms with Gasteiger partial charge in [-0.05, 0) is 60.5 Å². The molecule has 0 saturated carbocycles. The average Bonchev–Trinajstić information content (AvgIpc) is 3.12. The number of halogens is 1. The van der Waals surface area contributed by atoms with Crippen LogP contribution in [0.4, 0.5) is 11.4 Å². The van der Waals surface area contributed by atoms with Gasteiger partial charge in [-0.3, -0.25) is 19.8 Å². The number of hydrogen-bond donors (Lipinski definition) is 0. The summed E-state index contributed by atoms with van der Waals surface area (Å²) in [7, 11) is 0. The van der Waals surface area contributed by atoms with Crippen LogP contribution >= 0.6 is 39.9 Å². The predicted octanol–water partition coefficient (Wildman–Crippen LogP) is 6.74. The highest BCUT2D eigenvalue weighted by Crippen LogP contribution is 2.37. The second kappa shape index (κ2) is 11.0. The normalized spacial score (nSPS) is 14.5. The average molecular weight is 571 g/mol. The number of carbonyl (C=O) groups is 1. The highest BCUT2D eigenvalue weighted by Gasteiger charge is 2.33. The van der Waals surface area contributed by atoms with Gasteiger partial charge in [-0.1, -0.05) is 58.1 Å². The van der Waals surface area contributed by atoms with Crippen molar-refractivity contribution in [3.63, 3.8) is 0 Å². The molecule has 1 aliphatic rings. The summed E-state index contributed by atoms with van der Waals surface area (Å²) in [5, 5.41) is 11.0. The number of thioether (sulfide) groups is 1. The second-order valence-corrected chi connectivity index (χ2v) is 9.94. The zero-order chi connectivity index (χ0) is 24.9. The van der Waals surface area contributed by atoms with Gasteiger partial charge in [-0.2, -0.15) is 0 Å². The number of ether oxygens (including phenoxy) is 2. The highest BCUT2D eigenvalue weighted by atomic mass is 79.9. The molecule has 4 rings (SSSR count). The fourth-order valence-electron chi connectivity index (χ4n) is 3.35. The lowest BCUT2D eigenvalue weighted by molar-refractivity contribution is -0.384. The van der Waals surface area contributed by atoms with Crippen molar-refractivity contribution in [2.75, 3.05) is 11.5 Å². The van der Waals surface area contributed by atoms with E-state index in [1.807, 2.05) is 37.3 Å². The number of non-ortho nitro benzene ring substituents is 1. The van der Waals surface area contributed by atoms with Gasteiger partial charge >= 0.3 is 0 Å². The standard InChI is InChI=1S/C25H19BrN2O5S2/c1-2-32-22-13-16(6-11-21(22)33-15-17-4-3-5-20(12-17)28(30)31)14-23-24(29)27(25(34)35-23)19-9-7-18(26)8-10-19/h3-14H,2,15H2,1H3/b23-14+.